The molecule has 0 atom stereocenters. The lowest BCUT2D eigenvalue weighted by Crippen LogP contribution is -2.12. The first kappa shape index (κ1) is 12.6. The lowest BCUT2D eigenvalue weighted by atomic mass is 10.2. The molecule has 0 unspecified atom stereocenters. The van der Waals surface area contributed by atoms with Crippen molar-refractivity contribution in [1.29, 1.82) is 0 Å². The summed E-state index contributed by atoms with van der Waals surface area (Å²) < 4.78 is 6.16. The van der Waals surface area contributed by atoms with Gasteiger partial charge in [0, 0.05) is 16.6 Å². The van der Waals surface area contributed by atoms with E-state index in [4.69, 9.17) is 16.3 Å². The van der Waals surface area contributed by atoms with Crippen LogP contribution >= 0.6 is 27.5 Å². The highest BCUT2D eigenvalue weighted by molar-refractivity contribution is 9.10. The quantitative estimate of drug-likeness (QED) is 0.615. The second kappa shape index (κ2) is 5.23. The summed E-state index contributed by atoms with van der Waals surface area (Å²) in [5.74, 6) is 0.259. The minimum atomic E-state index is -0.453. The molecule has 6 heteroatoms. The van der Waals surface area contributed by atoms with Gasteiger partial charge in [-0.1, -0.05) is 11.6 Å². The number of benzene rings is 1. The predicted molar refractivity (Wildman–Crippen MR) is 68.7 cm³/mol. The van der Waals surface area contributed by atoms with E-state index >= 15 is 0 Å². The third-order valence-corrected chi connectivity index (χ3v) is 3.99. The number of nitrogens with zero attached hydrogens (tertiary/aromatic N) is 1. The monoisotopic (exact) mass is 319 g/mol. The average Bonchev–Trinajstić information content (AvgIpc) is 2.75. The normalized spacial score (nSPS) is 16.1. The topological polar surface area (TPSA) is 52.4 Å². The fourth-order valence-electron chi connectivity index (χ4n) is 1.94. The van der Waals surface area contributed by atoms with Gasteiger partial charge in [0.15, 0.2) is 5.75 Å². The van der Waals surface area contributed by atoms with Crippen LogP contribution < -0.4 is 4.74 Å². The Labute approximate surface area is 112 Å². The smallest absolute Gasteiger partial charge is 0.312 e. The van der Waals surface area contributed by atoms with Crippen LogP contribution in [0.2, 0.25) is 5.02 Å². The summed E-state index contributed by atoms with van der Waals surface area (Å²) >= 11 is 9.10. The number of halogens is 2. The zero-order chi connectivity index (χ0) is 12.4. The van der Waals surface area contributed by atoms with Crippen LogP contribution in [0.25, 0.3) is 0 Å². The van der Waals surface area contributed by atoms with E-state index in [9.17, 15) is 10.1 Å². The maximum absolute atomic E-state index is 10.9. The van der Waals surface area contributed by atoms with Crippen molar-refractivity contribution < 1.29 is 9.66 Å². The maximum Gasteiger partial charge on any atom is 0.312 e. The minimum absolute atomic E-state index is 0.0480. The Hall–Kier alpha value is -0.810. The molecule has 1 saturated carbocycles. The molecular weight excluding hydrogens is 309 g/mol. The van der Waals surface area contributed by atoms with E-state index in [-0.39, 0.29) is 17.5 Å². The Bertz CT molecular complexity index is 447. The highest BCUT2D eigenvalue weighted by atomic mass is 79.9. The molecule has 0 N–H and O–H groups in total. The van der Waals surface area contributed by atoms with Crippen LogP contribution in [0.15, 0.2) is 16.6 Å². The van der Waals surface area contributed by atoms with E-state index in [2.05, 4.69) is 15.9 Å². The molecule has 0 aromatic heterocycles. The molecule has 1 aromatic carbocycles. The van der Waals surface area contributed by atoms with Crippen molar-refractivity contribution in [2.45, 2.75) is 31.8 Å². The zero-order valence-electron chi connectivity index (χ0n) is 8.99. The van der Waals surface area contributed by atoms with E-state index in [0.717, 1.165) is 25.7 Å². The van der Waals surface area contributed by atoms with Gasteiger partial charge < -0.3 is 4.74 Å². The summed E-state index contributed by atoms with van der Waals surface area (Å²) in [6.07, 6.45) is 4.20. The molecule has 1 aliphatic rings. The van der Waals surface area contributed by atoms with Gasteiger partial charge in [-0.15, -0.1) is 0 Å². The minimum Gasteiger partial charge on any atom is -0.483 e. The van der Waals surface area contributed by atoms with Gasteiger partial charge in [-0.2, -0.15) is 0 Å². The summed E-state index contributed by atoms with van der Waals surface area (Å²) in [6.45, 7) is 0. The van der Waals surface area contributed by atoms with Crippen molar-refractivity contribution in [3.63, 3.8) is 0 Å². The number of hydrogen-bond acceptors (Lipinski definition) is 3. The molecule has 0 spiro atoms. The highest BCUT2D eigenvalue weighted by Gasteiger charge is 2.23. The molecule has 0 heterocycles. The third kappa shape index (κ3) is 2.90. The molecule has 0 saturated heterocycles. The first-order valence-corrected chi connectivity index (χ1v) is 6.55. The lowest BCUT2D eigenvalue weighted by Gasteiger charge is -2.13. The molecule has 1 fully saturated rings. The molecule has 0 bridgehead atoms. The van der Waals surface area contributed by atoms with Gasteiger partial charge in [0.05, 0.1) is 16.0 Å². The van der Waals surface area contributed by atoms with Crippen molar-refractivity contribution in [3.05, 3.63) is 31.7 Å². The second-order valence-corrected chi connectivity index (χ2v) is 5.28. The molecule has 1 aromatic rings. The molecule has 17 heavy (non-hydrogen) atoms. The summed E-state index contributed by atoms with van der Waals surface area (Å²) in [5, 5.41) is 11.3. The first-order valence-electron chi connectivity index (χ1n) is 5.38. The summed E-state index contributed by atoms with van der Waals surface area (Å²) in [5.41, 5.74) is -0.0480. The molecule has 1 aliphatic carbocycles. The van der Waals surface area contributed by atoms with E-state index in [1.165, 1.54) is 12.1 Å². The number of ether oxygens (including phenoxy) is 1. The fraction of sp³-hybridized carbons (Fsp3) is 0.455. The Kier molecular flexibility index (Phi) is 3.89. The lowest BCUT2D eigenvalue weighted by molar-refractivity contribution is -0.386. The highest BCUT2D eigenvalue weighted by Crippen LogP contribution is 2.37. The predicted octanol–water partition coefficient (Wildman–Crippen LogP) is 4.33. The summed E-state index contributed by atoms with van der Waals surface area (Å²) in [6, 6.07) is 2.88. The van der Waals surface area contributed by atoms with Gasteiger partial charge in [0.2, 0.25) is 0 Å². The van der Waals surface area contributed by atoms with Crippen LogP contribution in [0.1, 0.15) is 25.7 Å². The van der Waals surface area contributed by atoms with Gasteiger partial charge >= 0.3 is 5.69 Å². The first-order chi connectivity index (χ1) is 8.08. The van der Waals surface area contributed by atoms with E-state index in [1.807, 2.05) is 0 Å². The average molecular weight is 321 g/mol. The van der Waals surface area contributed by atoms with E-state index < -0.39 is 4.92 Å². The Morgan fingerprint density at radius 2 is 2.06 bits per heavy atom. The molecule has 4 nitrogen and oxygen atoms in total. The Morgan fingerprint density at radius 1 is 1.41 bits per heavy atom. The van der Waals surface area contributed by atoms with Gasteiger partial charge in [-0.3, -0.25) is 10.1 Å². The number of hydrogen-bond donors (Lipinski definition) is 0. The Balaban J connectivity index is 2.29. The largest absolute Gasteiger partial charge is 0.483 e. The van der Waals surface area contributed by atoms with Gasteiger partial charge in [0.1, 0.15) is 0 Å². The number of rotatable bonds is 3. The van der Waals surface area contributed by atoms with Gasteiger partial charge in [0.25, 0.3) is 0 Å². The zero-order valence-corrected chi connectivity index (χ0v) is 11.3. The molecule has 0 aliphatic heterocycles. The Morgan fingerprint density at radius 3 is 2.65 bits per heavy atom. The SMILES string of the molecule is O=[N+]([O-])c1cc(Br)c(Cl)cc1OC1CCCC1. The van der Waals surface area contributed by atoms with Crippen molar-refractivity contribution in [3.8, 4) is 5.75 Å². The van der Waals surface area contributed by atoms with Crippen LogP contribution in [0, 0.1) is 10.1 Å². The van der Waals surface area contributed by atoms with Crippen LogP contribution in [-0.2, 0) is 0 Å². The maximum atomic E-state index is 10.9. The number of nitro benzene ring substituents is 1. The molecular formula is C11H11BrClNO3. The third-order valence-electron chi connectivity index (χ3n) is 2.79. The van der Waals surface area contributed by atoms with E-state index in [0.29, 0.717) is 9.50 Å². The summed E-state index contributed by atoms with van der Waals surface area (Å²) in [7, 11) is 0. The van der Waals surface area contributed by atoms with Crippen molar-refractivity contribution >= 4 is 33.2 Å². The van der Waals surface area contributed by atoms with Crippen LogP contribution in [0.3, 0.4) is 0 Å². The fourth-order valence-corrected chi connectivity index (χ4v) is 2.43. The van der Waals surface area contributed by atoms with Crippen molar-refractivity contribution in [1.82, 2.24) is 0 Å². The van der Waals surface area contributed by atoms with Crippen molar-refractivity contribution in [2.24, 2.45) is 0 Å². The van der Waals surface area contributed by atoms with Gasteiger partial charge in [-0.25, -0.2) is 0 Å². The van der Waals surface area contributed by atoms with Crippen LogP contribution in [-0.4, -0.2) is 11.0 Å². The molecule has 2 rings (SSSR count). The standard InChI is InChI=1S/C11H11BrClNO3/c12-8-5-10(14(15)16)11(6-9(8)13)17-7-3-1-2-4-7/h5-7H,1-4H2. The molecule has 0 radical (unpaired) electrons. The van der Waals surface area contributed by atoms with Crippen LogP contribution in [0.5, 0.6) is 5.75 Å². The van der Waals surface area contributed by atoms with Gasteiger partial charge in [-0.05, 0) is 41.6 Å². The number of nitro groups is 1. The van der Waals surface area contributed by atoms with Crippen molar-refractivity contribution in [2.75, 3.05) is 0 Å². The van der Waals surface area contributed by atoms with Crippen LogP contribution in [0.4, 0.5) is 5.69 Å². The molecule has 0 amide bonds. The second-order valence-electron chi connectivity index (χ2n) is 4.02. The summed E-state index contributed by atoms with van der Waals surface area (Å²) in [4.78, 5) is 10.5. The molecule has 92 valence electrons. The van der Waals surface area contributed by atoms with E-state index in [1.54, 1.807) is 0 Å².